The van der Waals surface area contributed by atoms with Crippen LogP contribution < -0.4 is 0 Å². The molecule has 2 atom stereocenters. The number of thioether (sulfide) groups is 1. The Morgan fingerprint density at radius 1 is 1.37 bits per heavy atom. The molecule has 0 aliphatic carbocycles. The van der Waals surface area contributed by atoms with Crippen LogP contribution in [-0.4, -0.2) is 42.8 Å². The number of rotatable bonds is 8. The molecule has 0 aliphatic heterocycles. The monoisotopic (exact) mass is 279 g/mol. The van der Waals surface area contributed by atoms with Gasteiger partial charge in [0.25, 0.3) is 0 Å². The summed E-state index contributed by atoms with van der Waals surface area (Å²) in [5.74, 6) is 1.11. The van der Waals surface area contributed by atoms with Gasteiger partial charge in [-0.15, -0.1) is 0 Å². The summed E-state index contributed by atoms with van der Waals surface area (Å²) in [6, 6.07) is 10.6. The Labute approximate surface area is 121 Å². The van der Waals surface area contributed by atoms with Crippen LogP contribution in [0.25, 0.3) is 0 Å². The van der Waals surface area contributed by atoms with E-state index in [2.05, 4.69) is 25.1 Å². The molecule has 1 rings (SSSR count). The van der Waals surface area contributed by atoms with Crippen LogP contribution in [-0.2, 0) is 10.2 Å². The lowest BCUT2D eigenvalue weighted by molar-refractivity contribution is -0.112. The highest BCUT2D eigenvalue weighted by Gasteiger charge is 2.29. The summed E-state index contributed by atoms with van der Waals surface area (Å²) in [5.41, 5.74) is 0.665. The fourth-order valence-corrected chi connectivity index (χ4v) is 3.29. The number of hydrogen-bond acceptors (Lipinski definition) is 3. The average Bonchev–Trinajstić information content (AvgIpc) is 2.45. The van der Waals surface area contributed by atoms with E-state index in [9.17, 15) is 4.79 Å². The van der Waals surface area contributed by atoms with E-state index in [0.29, 0.717) is 6.04 Å². The molecule has 2 nitrogen and oxygen atoms in total. The number of carbonyl (C=O) groups excluding carboxylic acids is 1. The first-order chi connectivity index (χ1) is 9.07. The molecule has 1 aromatic carbocycles. The third-order valence-electron chi connectivity index (χ3n) is 3.72. The standard InChI is InChI=1S/C16H25NOS/c1-5-15(11-19-4)17(3)12-16(2,13-18)14-9-7-6-8-10-14/h6-10,13,15H,5,11-12H2,1-4H3. The highest BCUT2D eigenvalue weighted by atomic mass is 32.2. The molecule has 3 heteroatoms. The lowest BCUT2D eigenvalue weighted by Gasteiger charge is -2.34. The van der Waals surface area contributed by atoms with Crippen LogP contribution in [0.1, 0.15) is 25.8 Å². The minimum Gasteiger partial charge on any atom is -0.302 e. The van der Waals surface area contributed by atoms with Gasteiger partial charge in [0.1, 0.15) is 6.29 Å². The Morgan fingerprint density at radius 2 is 2.00 bits per heavy atom. The van der Waals surface area contributed by atoms with Crippen molar-refractivity contribution < 1.29 is 4.79 Å². The third-order valence-corrected chi connectivity index (χ3v) is 4.44. The summed E-state index contributed by atoms with van der Waals surface area (Å²) in [7, 11) is 2.12. The van der Waals surface area contributed by atoms with E-state index in [1.54, 1.807) is 0 Å². The van der Waals surface area contributed by atoms with Gasteiger partial charge < -0.3 is 9.69 Å². The summed E-state index contributed by atoms with van der Waals surface area (Å²) in [5, 5.41) is 0. The Balaban J connectivity index is 2.83. The second kappa shape index (κ2) is 7.71. The van der Waals surface area contributed by atoms with Crippen LogP contribution >= 0.6 is 11.8 Å². The second-order valence-corrected chi connectivity index (χ2v) is 6.24. The van der Waals surface area contributed by atoms with Crippen molar-refractivity contribution in [1.29, 1.82) is 0 Å². The highest BCUT2D eigenvalue weighted by Crippen LogP contribution is 2.24. The molecule has 0 saturated carbocycles. The van der Waals surface area contributed by atoms with Crippen LogP contribution in [0.5, 0.6) is 0 Å². The maximum absolute atomic E-state index is 11.6. The summed E-state index contributed by atoms with van der Waals surface area (Å²) in [4.78, 5) is 13.9. The minimum atomic E-state index is -0.429. The molecular weight excluding hydrogens is 254 g/mol. The maximum Gasteiger partial charge on any atom is 0.131 e. The highest BCUT2D eigenvalue weighted by molar-refractivity contribution is 7.98. The zero-order valence-corrected chi connectivity index (χ0v) is 13.2. The van der Waals surface area contributed by atoms with Gasteiger partial charge in [0.15, 0.2) is 0 Å². The Morgan fingerprint density at radius 3 is 2.47 bits per heavy atom. The van der Waals surface area contributed by atoms with E-state index in [1.807, 2.05) is 49.0 Å². The van der Waals surface area contributed by atoms with Crippen LogP contribution in [0.3, 0.4) is 0 Å². The van der Waals surface area contributed by atoms with Crippen LogP contribution in [0.2, 0.25) is 0 Å². The van der Waals surface area contributed by atoms with Crippen molar-refractivity contribution in [1.82, 2.24) is 4.90 Å². The molecule has 0 radical (unpaired) electrons. The zero-order valence-electron chi connectivity index (χ0n) is 12.4. The van der Waals surface area contributed by atoms with Gasteiger partial charge >= 0.3 is 0 Å². The molecular formula is C16H25NOS. The maximum atomic E-state index is 11.6. The van der Waals surface area contributed by atoms with Crippen molar-refractivity contribution in [3.05, 3.63) is 35.9 Å². The average molecular weight is 279 g/mol. The fraction of sp³-hybridized carbons (Fsp3) is 0.562. The molecule has 1 aromatic rings. The molecule has 2 unspecified atom stereocenters. The Bertz CT molecular complexity index is 382. The first kappa shape index (κ1) is 16.3. The topological polar surface area (TPSA) is 20.3 Å². The predicted octanol–water partition coefficient (Wildman–Crippen LogP) is 3.22. The van der Waals surface area contributed by atoms with Gasteiger partial charge in [-0.1, -0.05) is 37.3 Å². The summed E-state index contributed by atoms with van der Waals surface area (Å²) >= 11 is 1.86. The van der Waals surface area contributed by atoms with E-state index in [0.717, 1.165) is 30.6 Å². The fourth-order valence-electron chi connectivity index (χ4n) is 2.41. The van der Waals surface area contributed by atoms with Crippen molar-refractivity contribution in [2.24, 2.45) is 0 Å². The number of aldehydes is 1. The molecule has 19 heavy (non-hydrogen) atoms. The quantitative estimate of drug-likeness (QED) is 0.682. The van der Waals surface area contributed by atoms with E-state index >= 15 is 0 Å². The van der Waals surface area contributed by atoms with Gasteiger partial charge in [-0.05, 0) is 32.2 Å². The second-order valence-electron chi connectivity index (χ2n) is 5.33. The third kappa shape index (κ3) is 4.36. The normalized spacial score (nSPS) is 16.1. The Kier molecular flexibility index (Phi) is 6.59. The van der Waals surface area contributed by atoms with Crippen LogP contribution in [0.15, 0.2) is 30.3 Å². The number of carbonyl (C=O) groups is 1. The van der Waals surface area contributed by atoms with Gasteiger partial charge in [0, 0.05) is 18.3 Å². The lowest BCUT2D eigenvalue weighted by Crippen LogP contribution is -2.44. The van der Waals surface area contributed by atoms with E-state index < -0.39 is 5.41 Å². The van der Waals surface area contributed by atoms with E-state index in [4.69, 9.17) is 0 Å². The number of nitrogens with zero attached hydrogens (tertiary/aromatic N) is 1. The molecule has 0 heterocycles. The SMILES string of the molecule is CCC(CSC)N(C)CC(C)(C=O)c1ccccc1. The predicted molar refractivity (Wildman–Crippen MR) is 84.9 cm³/mol. The number of benzene rings is 1. The van der Waals surface area contributed by atoms with Crippen molar-refractivity contribution in [2.75, 3.05) is 25.6 Å². The molecule has 0 fully saturated rings. The van der Waals surface area contributed by atoms with Crippen molar-refractivity contribution in [2.45, 2.75) is 31.7 Å². The summed E-state index contributed by atoms with van der Waals surface area (Å²) < 4.78 is 0. The molecule has 0 saturated heterocycles. The van der Waals surface area contributed by atoms with Crippen LogP contribution in [0.4, 0.5) is 0 Å². The molecule has 0 bridgehead atoms. The molecule has 106 valence electrons. The first-order valence-electron chi connectivity index (χ1n) is 6.78. The molecule has 0 aliphatic rings. The first-order valence-corrected chi connectivity index (χ1v) is 8.17. The Hall–Kier alpha value is -0.800. The van der Waals surface area contributed by atoms with Gasteiger partial charge in [0.05, 0.1) is 5.41 Å². The molecule has 0 aromatic heterocycles. The van der Waals surface area contributed by atoms with Crippen molar-refractivity contribution in [3.63, 3.8) is 0 Å². The number of likely N-dealkylation sites (N-methyl/N-ethyl adjacent to an activating group) is 1. The van der Waals surface area contributed by atoms with E-state index in [-0.39, 0.29) is 0 Å². The van der Waals surface area contributed by atoms with Crippen LogP contribution in [0, 0.1) is 0 Å². The van der Waals surface area contributed by atoms with Gasteiger partial charge in [-0.2, -0.15) is 11.8 Å². The lowest BCUT2D eigenvalue weighted by atomic mass is 9.83. The summed E-state index contributed by atoms with van der Waals surface area (Å²) in [6.45, 7) is 5.00. The number of hydrogen-bond donors (Lipinski definition) is 0. The van der Waals surface area contributed by atoms with Gasteiger partial charge in [-0.3, -0.25) is 0 Å². The van der Waals surface area contributed by atoms with Crippen molar-refractivity contribution in [3.8, 4) is 0 Å². The van der Waals surface area contributed by atoms with Gasteiger partial charge in [0.2, 0.25) is 0 Å². The molecule has 0 spiro atoms. The zero-order chi connectivity index (χ0) is 14.3. The minimum absolute atomic E-state index is 0.429. The largest absolute Gasteiger partial charge is 0.302 e. The van der Waals surface area contributed by atoms with E-state index in [1.165, 1.54) is 0 Å². The molecule has 0 N–H and O–H groups in total. The van der Waals surface area contributed by atoms with Gasteiger partial charge in [-0.25, -0.2) is 0 Å². The smallest absolute Gasteiger partial charge is 0.131 e. The molecule has 0 amide bonds. The van der Waals surface area contributed by atoms with Crippen molar-refractivity contribution >= 4 is 18.0 Å². The summed E-state index contributed by atoms with van der Waals surface area (Å²) in [6.07, 6.45) is 4.33.